The van der Waals surface area contributed by atoms with Crippen LogP contribution in [0.3, 0.4) is 0 Å². The Morgan fingerprint density at radius 3 is 2.57 bits per heavy atom. The standard InChI is InChI=1S/C15H18N2O3S/c1-20-13-4-6-14(7-5-13)21(19)10-2-9-17-11-12(16)3-8-15(17)18/h3-8,11H,2,9-10,16H2,1H3. The number of aromatic nitrogens is 1. The minimum absolute atomic E-state index is 0.0978. The number of hydrogen-bond acceptors (Lipinski definition) is 4. The molecule has 0 aliphatic rings. The van der Waals surface area contributed by atoms with E-state index in [4.69, 9.17) is 10.5 Å². The van der Waals surface area contributed by atoms with E-state index in [-0.39, 0.29) is 5.56 Å². The van der Waals surface area contributed by atoms with E-state index in [1.54, 1.807) is 48.2 Å². The molecule has 1 aromatic heterocycles. The van der Waals surface area contributed by atoms with E-state index in [0.717, 1.165) is 10.6 Å². The number of ether oxygens (including phenoxy) is 1. The molecule has 112 valence electrons. The Balaban J connectivity index is 1.91. The summed E-state index contributed by atoms with van der Waals surface area (Å²) in [4.78, 5) is 12.4. The van der Waals surface area contributed by atoms with E-state index in [9.17, 15) is 9.00 Å². The van der Waals surface area contributed by atoms with Gasteiger partial charge < -0.3 is 15.0 Å². The summed E-state index contributed by atoms with van der Waals surface area (Å²) < 4.78 is 18.8. The zero-order chi connectivity index (χ0) is 15.2. The predicted octanol–water partition coefficient (Wildman–Crippen LogP) is 1.64. The largest absolute Gasteiger partial charge is 0.497 e. The molecule has 1 unspecified atom stereocenters. The highest BCUT2D eigenvalue weighted by Gasteiger charge is 2.05. The van der Waals surface area contributed by atoms with Gasteiger partial charge in [-0.15, -0.1) is 0 Å². The van der Waals surface area contributed by atoms with Gasteiger partial charge in [0.25, 0.3) is 5.56 Å². The van der Waals surface area contributed by atoms with Gasteiger partial charge in [-0.2, -0.15) is 0 Å². The van der Waals surface area contributed by atoms with Crippen molar-refractivity contribution < 1.29 is 8.95 Å². The third kappa shape index (κ3) is 4.19. The summed E-state index contributed by atoms with van der Waals surface area (Å²) in [6.07, 6.45) is 2.25. The summed E-state index contributed by atoms with van der Waals surface area (Å²) >= 11 is 0. The topological polar surface area (TPSA) is 74.3 Å². The third-order valence-electron chi connectivity index (χ3n) is 3.06. The van der Waals surface area contributed by atoms with Crippen LogP contribution in [0, 0.1) is 0 Å². The van der Waals surface area contributed by atoms with Crippen molar-refractivity contribution in [2.24, 2.45) is 0 Å². The maximum absolute atomic E-state index is 12.1. The van der Waals surface area contributed by atoms with Crippen LogP contribution >= 0.6 is 0 Å². The van der Waals surface area contributed by atoms with Crippen molar-refractivity contribution in [1.29, 1.82) is 0 Å². The van der Waals surface area contributed by atoms with Crippen molar-refractivity contribution in [3.63, 3.8) is 0 Å². The number of nitrogen functional groups attached to an aromatic ring is 1. The smallest absolute Gasteiger partial charge is 0.250 e. The maximum atomic E-state index is 12.1. The van der Waals surface area contributed by atoms with E-state index in [0.29, 0.717) is 24.4 Å². The van der Waals surface area contributed by atoms with Crippen LogP contribution < -0.4 is 16.0 Å². The molecule has 21 heavy (non-hydrogen) atoms. The fraction of sp³-hybridized carbons (Fsp3) is 0.267. The van der Waals surface area contributed by atoms with Gasteiger partial charge in [-0.1, -0.05) is 0 Å². The van der Waals surface area contributed by atoms with E-state index >= 15 is 0 Å². The SMILES string of the molecule is COc1ccc(S(=O)CCCn2cc(N)ccc2=O)cc1. The van der Waals surface area contributed by atoms with Crippen molar-refractivity contribution in [3.05, 3.63) is 52.9 Å². The van der Waals surface area contributed by atoms with Gasteiger partial charge in [0, 0.05) is 35.1 Å². The van der Waals surface area contributed by atoms with E-state index < -0.39 is 10.8 Å². The second-order valence-electron chi connectivity index (χ2n) is 4.57. The Morgan fingerprint density at radius 2 is 1.90 bits per heavy atom. The third-order valence-corrected chi connectivity index (χ3v) is 4.51. The molecule has 1 atom stereocenters. The number of benzene rings is 1. The molecule has 0 amide bonds. The lowest BCUT2D eigenvalue weighted by Gasteiger charge is -2.07. The lowest BCUT2D eigenvalue weighted by molar-refractivity contribution is 0.414. The second kappa shape index (κ2) is 7.08. The van der Waals surface area contributed by atoms with Crippen molar-refractivity contribution in [2.45, 2.75) is 17.9 Å². The molecule has 1 aromatic carbocycles. The summed E-state index contributed by atoms with van der Waals surface area (Å²) in [6, 6.07) is 10.2. The predicted molar refractivity (Wildman–Crippen MR) is 84.0 cm³/mol. The molecule has 2 N–H and O–H groups in total. The number of anilines is 1. The van der Waals surface area contributed by atoms with Crippen LogP contribution in [0.15, 0.2) is 52.3 Å². The molecule has 2 rings (SSSR count). The minimum Gasteiger partial charge on any atom is -0.497 e. The highest BCUT2D eigenvalue weighted by atomic mass is 32.2. The first kappa shape index (κ1) is 15.3. The van der Waals surface area contributed by atoms with Crippen molar-refractivity contribution in [3.8, 4) is 5.75 Å². The van der Waals surface area contributed by atoms with E-state index in [2.05, 4.69) is 0 Å². The van der Waals surface area contributed by atoms with Crippen LogP contribution in [0.4, 0.5) is 5.69 Å². The molecular weight excluding hydrogens is 288 g/mol. The molecule has 2 aromatic rings. The Labute approximate surface area is 125 Å². The highest BCUT2D eigenvalue weighted by molar-refractivity contribution is 7.85. The molecule has 5 nitrogen and oxygen atoms in total. The van der Waals surface area contributed by atoms with Crippen LogP contribution in [0.25, 0.3) is 0 Å². The molecule has 0 radical (unpaired) electrons. The van der Waals surface area contributed by atoms with Gasteiger partial charge in [-0.25, -0.2) is 0 Å². The van der Waals surface area contributed by atoms with Gasteiger partial charge >= 0.3 is 0 Å². The number of nitrogens with two attached hydrogens (primary N) is 1. The zero-order valence-corrected chi connectivity index (χ0v) is 12.6. The van der Waals surface area contributed by atoms with E-state index in [1.165, 1.54) is 6.07 Å². The molecule has 0 bridgehead atoms. The Hall–Kier alpha value is -2.08. The van der Waals surface area contributed by atoms with Crippen LogP contribution in [0.1, 0.15) is 6.42 Å². The summed E-state index contributed by atoms with van der Waals surface area (Å²) in [6.45, 7) is 0.506. The average Bonchev–Trinajstić information content (AvgIpc) is 2.50. The average molecular weight is 306 g/mol. The molecule has 0 fully saturated rings. The first-order valence-electron chi connectivity index (χ1n) is 6.58. The summed E-state index contributed by atoms with van der Waals surface area (Å²) in [5, 5.41) is 0. The van der Waals surface area contributed by atoms with Gasteiger partial charge in [-0.3, -0.25) is 9.00 Å². The Morgan fingerprint density at radius 1 is 1.19 bits per heavy atom. The molecule has 0 spiro atoms. The first-order chi connectivity index (χ1) is 10.1. The number of nitrogens with zero attached hydrogens (tertiary/aromatic N) is 1. The molecule has 0 saturated heterocycles. The Kier molecular flexibility index (Phi) is 5.16. The van der Waals surface area contributed by atoms with Crippen LogP contribution in [-0.4, -0.2) is 21.6 Å². The van der Waals surface area contributed by atoms with Crippen molar-refractivity contribution in [2.75, 3.05) is 18.6 Å². The fourth-order valence-electron chi connectivity index (χ4n) is 1.94. The van der Waals surface area contributed by atoms with Gasteiger partial charge in [-0.05, 0) is 36.8 Å². The molecule has 0 aliphatic heterocycles. The first-order valence-corrected chi connectivity index (χ1v) is 7.90. The molecular formula is C15H18N2O3S. The quantitative estimate of drug-likeness (QED) is 0.880. The van der Waals surface area contributed by atoms with Crippen molar-refractivity contribution in [1.82, 2.24) is 4.57 Å². The van der Waals surface area contributed by atoms with Crippen LogP contribution in [0.2, 0.25) is 0 Å². The second-order valence-corrected chi connectivity index (χ2v) is 6.14. The lowest BCUT2D eigenvalue weighted by atomic mass is 10.3. The number of methoxy groups -OCH3 is 1. The number of hydrogen-bond donors (Lipinski definition) is 1. The summed E-state index contributed by atoms with van der Waals surface area (Å²) in [5.41, 5.74) is 6.10. The van der Waals surface area contributed by atoms with Crippen molar-refractivity contribution >= 4 is 16.5 Å². The zero-order valence-electron chi connectivity index (χ0n) is 11.8. The fourth-order valence-corrected chi connectivity index (χ4v) is 3.00. The molecule has 6 heteroatoms. The van der Waals surface area contributed by atoms with E-state index in [1.807, 2.05) is 0 Å². The molecule has 0 saturated carbocycles. The normalized spacial score (nSPS) is 12.0. The number of pyridine rings is 1. The monoisotopic (exact) mass is 306 g/mol. The molecule has 1 heterocycles. The summed E-state index contributed by atoms with van der Waals surface area (Å²) in [7, 11) is 0.511. The van der Waals surface area contributed by atoms with Crippen LogP contribution in [-0.2, 0) is 17.3 Å². The van der Waals surface area contributed by atoms with Gasteiger partial charge in [0.05, 0.1) is 17.9 Å². The summed E-state index contributed by atoms with van der Waals surface area (Å²) in [5.74, 6) is 1.23. The number of aryl methyl sites for hydroxylation is 1. The number of rotatable bonds is 6. The lowest BCUT2D eigenvalue weighted by Crippen LogP contribution is -2.19. The Bertz CT molecular complexity index is 680. The van der Waals surface area contributed by atoms with Crippen LogP contribution in [0.5, 0.6) is 5.75 Å². The van der Waals surface area contributed by atoms with Gasteiger partial charge in [0.2, 0.25) is 0 Å². The minimum atomic E-state index is -1.08. The van der Waals surface area contributed by atoms with Gasteiger partial charge in [0.15, 0.2) is 0 Å². The van der Waals surface area contributed by atoms with Gasteiger partial charge in [0.1, 0.15) is 5.75 Å². The molecule has 0 aliphatic carbocycles. The maximum Gasteiger partial charge on any atom is 0.250 e. The highest BCUT2D eigenvalue weighted by Crippen LogP contribution is 2.14.